The van der Waals surface area contributed by atoms with Gasteiger partial charge in [0.25, 0.3) is 5.91 Å². The van der Waals surface area contributed by atoms with Gasteiger partial charge < -0.3 is 10.1 Å². The fraction of sp³-hybridized carbons (Fsp3) is 0.200. The Kier molecular flexibility index (Phi) is 4.85. The first-order chi connectivity index (χ1) is 13.1. The third kappa shape index (κ3) is 3.68. The highest BCUT2D eigenvalue weighted by atomic mass is 32.2. The maximum atomic E-state index is 13.6. The fourth-order valence-electron chi connectivity index (χ4n) is 2.89. The predicted molar refractivity (Wildman–Crippen MR) is 104 cm³/mol. The topological polar surface area (TPSA) is 56.2 Å². The first-order valence-corrected chi connectivity index (χ1v) is 9.70. The SMILES string of the molecule is Cc1ccc(-n2nc3c(c2NC(=O)COc2ccccc2F)CSC3)cc1. The summed E-state index contributed by atoms with van der Waals surface area (Å²) in [7, 11) is 0. The summed E-state index contributed by atoms with van der Waals surface area (Å²) < 4.78 is 20.7. The number of hydrogen-bond donors (Lipinski definition) is 1. The van der Waals surface area contributed by atoms with E-state index in [2.05, 4.69) is 10.4 Å². The third-order valence-corrected chi connectivity index (χ3v) is 5.25. The smallest absolute Gasteiger partial charge is 0.263 e. The second kappa shape index (κ2) is 7.44. The summed E-state index contributed by atoms with van der Waals surface area (Å²) in [5.74, 6) is 1.48. The lowest BCUT2D eigenvalue weighted by Crippen LogP contribution is -2.22. The Bertz CT molecular complexity index is 985. The summed E-state index contributed by atoms with van der Waals surface area (Å²) >= 11 is 1.76. The molecule has 0 spiro atoms. The molecule has 3 aromatic rings. The van der Waals surface area contributed by atoms with Crippen molar-refractivity contribution in [3.8, 4) is 11.4 Å². The minimum absolute atomic E-state index is 0.0560. The number of fused-ring (bicyclic) bond motifs is 1. The highest BCUT2D eigenvalue weighted by molar-refractivity contribution is 7.98. The summed E-state index contributed by atoms with van der Waals surface area (Å²) in [6.45, 7) is 1.74. The predicted octanol–water partition coefficient (Wildman–Crippen LogP) is 4.08. The zero-order valence-electron chi connectivity index (χ0n) is 14.7. The number of aromatic nitrogens is 2. The van der Waals surface area contributed by atoms with Crippen LogP contribution in [0.25, 0.3) is 5.69 Å². The maximum absolute atomic E-state index is 13.6. The Balaban J connectivity index is 1.55. The number of nitrogens with one attached hydrogen (secondary N) is 1. The van der Waals surface area contributed by atoms with Crippen molar-refractivity contribution < 1.29 is 13.9 Å². The van der Waals surface area contributed by atoms with Gasteiger partial charge in [-0.25, -0.2) is 9.07 Å². The van der Waals surface area contributed by atoms with Crippen LogP contribution in [0.5, 0.6) is 5.75 Å². The monoisotopic (exact) mass is 383 g/mol. The lowest BCUT2D eigenvalue weighted by atomic mass is 10.2. The molecule has 1 aliphatic heterocycles. The van der Waals surface area contributed by atoms with E-state index in [9.17, 15) is 9.18 Å². The van der Waals surface area contributed by atoms with Crippen molar-refractivity contribution in [3.05, 3.63) is 71.2 Å². The molecule has 0 unspecified atom stereocenters. The molecule has 27 heavy (non-hydrogen) atoms. The summed E-state index contributed by atoms with van der Waals surface area (Å²) in [5, 5.41) is 7.55. The minimum Gasteiger partial charge on any atom is -0.481 e. The molecule has 1 N–H and O–H groups in total. The van der Waals surface area contributed by atoms with Crippen molar-refractivity contribution in [2.75, 3.05) is 11.9 Å². The van der Waals surface area contributed by atoms with Crippen molar-refractivity contribution in [2.45, 2.75) is 18.4 Å². The molecule has 2 heterocycles. The van der Waals surface area contributed by atoms with Crippen molar-refractivity contribution >= 4 is 23.5 Å². The highest BCUT2D eigenvalue weighted by Gasteiger charge is 2.24. The molecule has 0 bridgehead atoms. The molecule has 0 aliphatic carbocycles. The van der Waals surface area contributed by atoms with Crippen molar-refractivity contribution in [2.24, 2.45) is 0 Å². The van der Waals surface area contributed by atoms with E-state index in [4.69, 9.17) is 4.74 Å². The van der Waals surface area contributed by atoms with Crippen LogP contribution in [0.4, 0.5) is 10.2 Å². The Hall–Kier alpha value is -2.80. The van der Waals surface area contributed by atoms with Crippen molar-refractivity contribution in [1.29, 1.82) is 0 Å². The zero-order valence-corrected chi connectivity index (χ0v) is 15.6. The highest BCUT2D eigenvalue weighted by Crippen LogP contribution is 2.36. The van der Waals surface area contributed by atoms with Crippen LogP contribution in [-0.2, 0) is 16.3 Å². The molecule has 7 heteroatoms. The fourth-order valence-corrected chi connectivity index (χ4v) is 3.92. The van der Waals surface area contributed by atoms with Crippen molar-refractivity contribution in [3.63, 3.8) is 0 Å². The van der Waals surface area contributed by atoms with E-state index in [1.165, 1.54) is 12.1 Å². The van der Waals surface area contributed by atoms with Crippen LogP contribution >= 0.6 is 11.8 Å². The largest absolute Gasteiger partial charge is 0.481 e. The molecule has 0 radical (unpaired) electrons. The second-order valence-electron chi connectivity index (χ2n) is 6.28. The molecular weight excluding hydrogens is 365 g/mol. The number of para-hydroxylation sites is 1. The van der Waals surface area contributed by atoms with E-state index in [-0.39, 0.29) is 18.3 Å². The van der Waals surface area contributed by atoms with Gasteiger partial charge in [-0.2, -0.15) is 16.9 Å². The molecule has 5 nitrogen and oxygen atoms in total. The number of carbonyl (C=O) groups is 1. The maximum Gasteiger partial charge on any atom is 0.263 e. The third-order valence-electron chi connectivity index (χ3n) is 4.28. The Morgan fingerprint density at radius 1 is 1.22 bits per heavy atom. The van der Waals surface area contributed by atoms with Gasteiger partial charge in [0.15, 0.2) is 18.2 Å². The van der Waals surface area contributed by atoms with E-state index >= 15 is 0 Å². The van der Waals surface area contributed by atoms with Gasteiger partial charge in [-0.1, -0.05) is 29.8 Å². The number of aryl methyl sites for hydroxylation is 1. The van der Waals surface area contributed by atoms with Gasteiger partial charge in [0.1, 0.15) is 5.82 Å². The number of carbonyl (C=O) groups excluding carboxylic acids is 1. The summed E-state index contributed by atoms with van der Waals surface area (Å²) in [6, 6.07) is 14.0. The average molecular weight is 383 g/mol. The lowest BCUT2D eigenvalue weighted by Gasteiger charge is -2.12. The number of nitrogens with zero attached hydrogens (tertiary/aromatic N) is 2. The minimum atomic E-state index is -0.493. The molecule has 1 aromatic heterocycles. The van der Waals surface area contributed by atoms with Crippen LogP contribution in [0.3, 0.4) is 0 Å². The molecule has 2 aromatic carbocycles. The first-order valence-electron chi connectivity index (χ1n) is 8.54. The Labute approximate surface area is 160 Å². The summed E-state index contributed by atoms with van der Waals surface area (Å²) in [5.41, 5.74) is 4.04. The normalized spacial score (nSPS) is 12.7. The Morgan fingerprint density at radius 3 is 2.78 bits per heavy atom. The molecular formula is C20H18FN3O2S. The van der Waals surface area contributed by atoms with E-state index in [0.717, 1.165) is 34.0 Å². The number of thioether (sulfide) groups is 1. The summed E-state index contributed by atoms with van der Waals surface area (Å²) in [4.78, 5) is 12.4. The van der Waals surface area contributed by atoms with Gasteiger partial charge >= 0.3 is 0 Å². The number of halogens is 1. The van der Waals surface area contributed by atoms with Gasteiger partial charge in [-0.15, -0.1) is 0 Å². The molecule has 0 saturated heterocycles. The molecule has 138 valence electrons. The van der Waals surface area contributed by atoms with Crippen LogP contribution in [0.15, 0.2) is 48.5 Å². The number of anilines is 1. The van der Waals surface area contributed by atoms with E-state index in [1.54, 1.807) is 28.6 Å². The molecule has 1 amide bonds. The average Bonchev–Trinajstić information content (AvgIpc) is 3.24. The van der Waals surface area contributed by atoms with Gasteiger partial charge in [0.2, 0.25) is 0 Å². The number of rotatable bonds is 5. The van der Waals surface area contributed by atoms with Crippen LogP contribution in [0.2, 0.25) is 0 Å². The number of amides is 1. The zero-order chi connectivity index (χ0) is 18.8. The molecule has 4 rings (SSSR count). The number of benzene rings is 2. The molecule has 0 fully saturated rings. The van der Waals surface area contributed by atoms with E-state index < -0.39 is 5.82 Å². The Morgan fingerprint density at radius 2 is 2.00 bits per heavy atom. The van der Waals surface area contributed by atoms with Gasteiger partial charge in [0, 0.05) is 17.1 Å². The second-order valence-corrected chi connectivity index (χ2v) is 7.27. The van der Waals surface area contributed by atoms with Gasteiger partial charge in [-0.3, -0.25) is 4.79 Å². The number of hydrogen-bond acceptors (Lipinski definition) is 4. The molecule has 1 aliphatic rings. The van der Waals surface area contributed by atoms with Crippen LogP contribution in [-0.4, -0.2) is 22.3 Å². The van der Waals surface area contributed by atoms with Crippen LogP contribution < -0.4 is 10.1 Å². The van der Waals surface area contributed by atoms with Crippen LogP contribution in [0, 0.1) is 12.7 Å². The summed E-state index contributed by atoms with van der Waals surface area (Å²) in [6.07, 6.45) is 0. The van der Waals surface area contributed by atoms with Gasteiger partial charge in [0.05, 0.1) is 11.4 Å². The molecule has 0 saturated carbocycles. The first kappa shape index (κ1) is 17.6. The van der Waals surface area contributed by atoms with E-state index in [1.807, 2.05) is 31.2 Å². The van der Waals surface area contributed by atoms with Crippen LogP contribution in [0.1, 0.15) is 16.8 Å². The number of ether oxygens (including phenoxy) is 1. The standard InChI is InChI=1S/C20H18FN3O2S/c1-13-6-8-14(9-7-13)24-20(15-11-27-12-17(15)23-24)22-19(25)10-26-18-5-3-2-4-16(18)21/h2-9H,10-12H2,1H3,(H,22,25). The quantitative estimate of drug-likeness (QED) is 0.721. The molecule has 0 atom stereocenters. The van der Waals surface area contributed by atoms with Crippen molar-refractivity contribution in [1.82, 2.24) is 9.78 Å². The van der Waals surface area contributed by atoms with Gasteiger partial charge in [-0.05, 0) is 31.2 Å². The lowest BCUT2D eigenvalue weighted by molar-refractivity contribution is -0.118. The van der Waals surface area contributed by atoms with E-state index in [0.29, 0.717) is 5.82 Å².